The summed E-state index contributed by atoms with van der Waals surface area (Å²) in [6.07, 6.45) is 8.08. The minimum absolute atomic E-state index is 0.133. The van der Waals surface area contributed by atoms with Crippen LogP contribution in [0.4, 0.5) is 0 Å². The fourth-order valence-electron chi connectivity index (χ4n) is 2.68. The topological polar surface area (TPSA) is 27.6 Å². The van der Waals surface area contributed by atoms with Crippen molar-refractivity contribution in [3.8, 4) is 0 Å². The number of allylic oxidation sites excluding steroid dienone is 1. The van der Waals surface area contributed by atoms with Crippen molar-refractivity contribution in [2.75, 3.05) is 6.54 Å². The molecule has 1 saturated carbocycles. The molecule has 0 bridgehead atoms. The van der Waals surface area contributed by atoms with Crippen LogP contribution in [0.15, 0.2) is 28.1 Å². The zero-order chi connectivity index (χ0) is 12.0. The highest BCUT2D eigenvalue weighted by molar-refractivity contribution is 6.31. The van der Waals surface area contributed by atoms with Crippen LogP contribution >= 0.6 is 11.6 Å². The number of nitrogens with zero attached hydrogens (tertiary/aromatic N) is 2. The van der Waals surface area contributed by atoms with Crippen LogP contribution in [0, 0.1) is 11.3 Å². The van der Waals surface area contributed by atoms with Gasteiger partial charge in [0.15, 0.2) is 0 Å². The van der Waals surface area contributed by atoms with Gasteiger partial charge < -0.3 is 0 Å². The monoisotopic (exact) mass is 251 g/mol. The number of hydrogen-bond acceptors (Lipinski definition) is 3. The van der Waals surface area contributed by atoms with Crippen LogP contribution in [0.25, 0.3) is 0 Å². The van der Waals surface area contributed by atoms with Gasteiger partial charge in [-0.25, -0.2) is 15.4 Å². The van der Waals surface area contributed by atoms with Crippen LogP contribution in [0.3, 0.4) is 0 Å². The lowest BCUT2D eigenvalue weighted by Crippen LogP contribution is -2.39. The van der Waals surface area contributed by atoms with E-state index in [0.717, 1.165) is 29.2 Å². The van der Waals surface area contributed by atoms with Crippen molar-refractivity contribution in [1.82, 2.24) is 10.4 Å². The van der Waals surface area contributed by atoms with E-state index in [4.69, 9.17) is 16.6 Å². The predicted octanol–water partition coefficient (Wildman–Crippen LogP) is 3.01. The standard InChI is InChI=1S/C13H18ClN3/c1-13(2,9-4-3-5-9)10-8-11(14)17-12(16-10)6-7-15-17/h6,8-9,15H,3-5,7H2,1-2H3. The first-order valence-electron chi connectivity index (χ1n) is 6.29. The Morgan fingerprint density at radius 1 is 1.47 bits per heavy atom. The molecule has 17 heavy (non-hydrogen) atoms. The first-order valence-corrected chi connectivity index (χ1v) is 6.67. The van der Waals surface area contributed by atoms with Gasteiger partial charge in [-0.3, -0.25) is 0 Å². The summed E-state index contributed by atoms with van der Waals surface area (Å²) in [6.45, 7) is 5.38. The van der Waals surface area contributed by atoms with Crippen molar-refractivity contribution in [2.45, 2.75) is 33.1 Å². The summed E-state index contributed by atoms with van der Waals surface area (Å²) >= 11 is 6.29. The third kappa shape index (κ3) is 1.72. The second-order valence-corrected chi connectivity index (χ2v) is 5.96. The van der Waals surface area contributed by atoms with Crippen LogP contribution in [0.1, 0.15) is 33.1 Å². The Morgan fingerprint density at radius 3 is 2.88 bits per heavy atom. The van der Waals surface area contributed by atoms with Crippen LogP contribution in [0.5, 0.6) is 0 Å². The maximum atomic E-state index is 6.29. The highest BCUT2D eigenvalue weighted by Crippen LogP contribution is 2.44. The van der Waals surface area contributed by atoms with Gasteiger partial charge in [-0.05, 0) is 30.9 Å². The summed E-state index contributed by atoms with van der Waals surface area (Å²) in [7, 11) is 0. The number of halogens is 1. The van der Waals surface area contributed by atoms with Crippen molar-refractivity contribution < 1.29 is 0 Å². The third-order valence-corrected chi connectivity index (χ3v) is 4.53. The molecule has 3 nitrogen and oxygen atoms in total. The van der Waals surface area contributed by atoms with E-state index in [-0.39, 0.29) is 5.41 Å². The van der Waals surface area contributed by atoms with E-state index >= 15 is 0 Å². The van der Waals surface area contributed by atoms with Gasteiger partial charge in [0.1, 0.15) is 11.0 Å². The van der Waals surface area contributed by atoms with Gasteiger partial charge in [-0.15, -0.1) is 0 Å². The zero-order valence-corrected chi connectivity index (χ0v) is 11.1. The van der Waals surface area contributed by atoms with Gasteiger partial charge >= 0.3 is 0 Å². The minimum atomic E-state index is 0.133. The highest BCUT2D eigenvalue weighted by Gasteiger charge is 2.39. The smallest absolute Gasteiger partial charge is 0.145 e. The Morgan fingerprint density at radius 2 is 2.24 bits per heavy atom. The summed E-state index contributed by atoms with van der Waals surface area (Å²) in [5.74, 6) is 1.70. The Hall–Kier alpha value is -0.800. The quantitative estimate of drug-likeness (QED) is 0.764. The van der Waals surface area contributed by atoms with E-state index in [1.165, 1.54) is 19.3 Å². The SMILES string of the molecule is CC(C)(C1=NC2=CCNN2C(Cl)=C1)C1CCC1. The van der Waals surface area contributed by atoms with Crippen LogP contribution in [0.2, 0.25) is 0 Å². The molecule has 92 valence electrons. The second kappa shape index (κ2) is 3.85. The summed E-state index contributed by atoms with van der Waals surface area (Å²) in [6, 6.07) is 0. The van der Waals surface area contributed by atoms with E-state index in [2.05, 4.69) is 25.3 Å². The number of nitrogens with one attached hydrogen (secondary N) is 1. The molecule has 1 fully saturated rings. The molecule has 4 heteroatoms. The maximum Gasteiger partial charge on any atom is 0.145 e. The van der Waals surface area contributed by atoms with Gasteiger partial charge in [-0.1, -0.05) is 31.9 Å². The average Bonchev–Trinajstić information content (AvgIpc) is 2.62. The Kier molecular flexibility index (Phi) is 2.56. The first-order chi connectivity index (χ1) is 8.09. The van der Waals surface area contributed by atoms with Gasteiger partial charge in [0, 0.05) is 12.0 Å². The van der Waals surface area contributed by atoms with E-state index in [0.29, 0.717) is 0 Å². The summed E-state index contributed by atoms with van der Waals surface area (Å²) < 4.78 is 0. The summed E-state index contributed by atoms with van der Waals surface area (Å²) in [5, 5.41) is 2.58. The van der Waals surface area contributed by atoms with Crippen molar-refractivity contribution in [1.29, 1.82) is 0 Å². The van der Waals surface area contributed by atoms with E-state index in [9.17, 15) is 0 Å². The molecule has 0 aromatic carbocycles. The van der Waals surface area contributed by atoms with Crippen LogP contribution in [-0.4, -0.2) is 17.3 Å². The number of rotatable bonds is 2. The molecule has 3 rings (SSSR count). The number of hydrogen-bond donors (Lipinski definition) is 1. The molecule has 0 atom stereocenters. The molecular weight excluding hydrogens is 234 g/mol. The molecule has 0 aromatic heterocycles. The van der Waals surface area contributed by atoms with E-state index in [1.807, 2.05) is 11.1 Å². The molecule has 0 unspecified atom stereocenters. The number of hydrazine groups is 1. The van der Waals surface area contributed by atoms with Crippen molar-refractivity contribution in [3.05, 3.63) is 23.1 Å². The van der Waals surface area contributed by atoms with Crippen molar-refractivity contribution in [2.24, 2.45) is 16.3 Å². The number of fused-ring (bicyclic) bond motifs is 1. The molecule has 0 spiro atoms. The van der Waals surface area contributed by atoms with E-state index in [1.54, 1.807) is 0 Å². The van der Waals surface area contributed by atoms with Crippen molar-refractivity contribution >= 4 is 17.3 Å². The Balaban J connectivity index is 1.92. The summed E-state index contributed by atoms with van der Waals surface area (Å²) in [4.78, 5) is 4.75. The Bertz CT molecular complexity index is 430. The van der Waals surface area contributed by atoms with Gasteiger partial charge in [0.25, 0.3) is 0 Å². The maximum absolute atomic E-state index is 6.29. The van der Waals surface area contributed by atoms with Crippen LogP contribution in [-0.2, 0) is 0 Å². The molecule has 1 aliphatic carbocycles. The highest BCUT2D eigenvalue weighted by atomic mass is 35.5. The fourth-order valence-corrected chi connectivity index (χ4v) is 2.93. The largest absolute Gasteiger partial charge is 0.248 e. The zero-order valence-electron chi connectivity index (χ0n) is 10.3. The molecule has 3 aliphatic rings. The lowest BCUT2D eigenvalue weighted by molar-refractivity contribution is 0.186. The van der Waals surface area contributed by atoms with E-state index < -0.39 is 0 Å². The molecule has 0 radical (unpaired) electrons. The van der Waals surface area contributed by atoms with Crippen LogP contribution < -0.4 is 5.43 Å². The average molecular weight is 252 g/mol. The van der Waals surface area contributed by atoms with Gasteiger partial charge in [-0.2, -0.15) is 0 Å². The third-order valence-electron chi connectivity index (χ3n) is 4.25. The normalized spacial score (nSPS) is 24.9. The molecule has 0 amide bonds. The van der Waals surface area contributed by atoms with Gasteiger partial charge in [0.05, 0.1) is 5.71 Å². The second-order valence-electron chi connectivity index (χ2n) is 5.57. The molecule has 2 heterocycles. The molecule has 0 aromatic rings. The Labute approximate surface area is 107 Å². The van der Waals surface area contributed by atoms with Gasteiger partial charge in [0.2, 0.25) is 0 Å². The molecular formula is C13H18ClN3. The van der Waals surface area contributed by atoms with Crippen molar-refractivity contribution in [3.63, 3.8) is 0 Å². The molecule has 1 N–H and O–H groups in total. The molecule has 2 aliphatic heterocycles. The minimum Gasteiger partial charge on any atom is -0.248 e. The summed E-state index contributed by atoms with van der Waals surface area (Å²) in [5.41, 5.74) is 4.43. The number of aliphatic imine (C=N–C) groups is 1. The fraction of sp³-hybridized carbons (Fsp3) is 0.615. The lowest BCUT2D eigenvalue weighted by Gasteiger charge is -2.41. The molecule has 0 saturated heterocycles. The lowest BCUT2D eigenvalue weighted by atomic mass is 9.65. The predicted molar refractivity (Wildman–Crippen MR) is 70.4 cm³/mol. The first kappa shape index (κ1) is 11.3.